The van der Waals surface area contributed by atoms with Crippen LogP contribution in [0.15, 0.2) is 12.1 Å². The van der Waals surface area contributed by atoms with Crippen molar-refractivity contribution in [3.05, 3.63) is 28.8 Å². The summed E-state index contributed by atoms with van der Waals surface area (Å²) < 4.78 is 5.32. The molecule has 86 valence electrons. The average Bonchev–Trinajstić information content (AvgIpc) is 3.00. The van der Waals surface area contributed by atoms with E-state index in [1.165, 1.54) is 0 Å². The number of nitrogens with two attached hydrogens (primary N) is 1. The molecule has 0 bridgehead atoms. The summed E-state index contributed by atoms with van der Waals surface area (Å²) in [6.45, 7) is 3.96. The van der Waals surface area contributed by atoms with Gasteiger partial charge in [0.2, 0.25) is 0 Å². The highest BCUT2D eigenvalue weighted by Gasteiger charge is 2.47. The maximum atomic E-state index is 12.2. The SMILES string of the molecule is COc1c(C(=O)C2(N)CC2)ccc(C)c1C. The second-order valence-corrected chi connectivity index (χ2v) is 4.57. The van der Waals surface area contributed by atoms with Gasteiger partial charge in [0.15, 0.2) is 5.78 Å². The monoisotopic (exact) mass is 219 g/mol. The van der Waals surface area contributed by atoms with E-state index in [1.54, 1.807) is 7.11 Å². The van der Waals surface area contributed by atoms with Crippen LogP contribution >= 0.6 is 0 Å². The van der Waals surface area contributed by atoms with Crippen molar-refractivity contribution in [2.24, 2.45) is 5.73 Å². The van der Waals surface area contributed by atoms with E-state index in [-0.39, 0.29) is 5.78 Å². The van der Waals surface area contributed by atoms with Crippen LogP contribution < -0.4 is 10.5 Å². The quantitative estimate of drug-likeness (QED) is 0.791. The molecule has 0 atom stereocenters. The van der Waals surface area contributed by atoms with Gasteiger partial charge in [0.25, 0.3) is 0 Å². The minimum atomic E-state index is -0.630. The molecule has 1 aromatic carbocycles. The molecule has 0 aromatic heterocycles. The summed E-state index contributed by atoms with van der Waals surface area (Å²) in [6.07, 6.45) is 1.56. The van der Waals surface area contributed by atoms with Crippen LogP contribution in [0.5, 0.6) is 5.75 Å². The van der Waals surface area contributed by atoms with Gasteiger partial charge in [0.05, 0.1) is 18.2 Å². The number of ether oxygens (including phenoxy) is 1. The zero-order valence-corrected chi connectivity index (χ0v) is 9.96. The van der Waals surface area contributed by atoms with Crippen molar-refractivity contribution < 1.29 is 9.53 Å². The first-order valence-corrected chi connectivity index (χ1v) is 5.47. The van der Waals surface area contributed by atoms with E-state index >= 15 is 0 Å². The molecule has 16 heavy (non-hydrogen) atoms. The number of carbonyl (C=O) groups excluding carboxylic acids is 1. The first-order chi connectivity index (χ1) is 7.49. The van der Waals surface area contributed by atoms with E-state index in [0.717, 1.165) is 24.0 Å². The molecular formula is C13H17NO2. The molecule has 0 heterocycles. The third kappa shape index (κ3) is 1.61. The molecule has 0 radical (unpaired) electrons. The fraction of sp³-hybridized carbons (Fsp3) is 0.462. The smallest absolute Gasteiger partial charge is 0.186 e. The third-order valence-corrected chi connectivity index (χ3v) is 3.37. The minimum Gasteiger partial charge on any atom is -0.496 e. The van der Waals surface area contributed by atoms with Gasteiger partial charge in [0.1, 0.15) is 5.75 Å². The second-order valence-electron chi connectivity index (χ2n) is 4.57. The number of hydrogen-bond acceptors (Lipinski definition) is 3. The molecule has 0 amide bonds. The van der Waals surface area contributed by atoms with Crippen molar-refractivity contribution in [3.8, 4) is 5.75 Å². The lowest BCUT2D eigenvalue weighted by atomic mass is 9.97. The van der Waals surface area contributed by atoms with Gasteiger partial charge in [-0.05, 0) is 43.9 Å². The zero-order valence-electron chi connectivity index (χ0n) is 9.96. The van der Waals surface area contributed by atoms with Gasteiger partial charge in [-0.3, -0.25) is 4.79 Å². The molecule has 1 fully saturated rings. The second kappa shape index (κ2) is 3.59. The molecule has 0 saturated heterocycles. The van der Waals surface area contributed by atoms with Crippen LogP contribution in [0.3, 0.4) is 0 Å². The number of rotatable bonds is 3. The van der Waals surface area contributed by atoms with E-state index in [2.05, 4.69) is 0 Å². The molecule has 0 unspecified atom stereocenters. The number of Topliss-reactive ketones (excluding diaryl/α,β-unsaturated/α-hetero) is 1. The molecule has 1 aliphatic rings. The van der Waals surface area contributed by atoms with Crippen LogP contribution in [0.1, 0.15) is 34.3 Å². The highest BCUT2D eigenvalue weighted by Crippen LogP contribution is 2.38. The third-order valence-electron chi connectivity index (χ3n) is 3.37. The number of benzene rings is 1. The molecule has 2 N–H and O–H groups in total. The number of methoxy groups -OCH3 is 1. The van der Waals surface area contributed by atoms with Crippen LogP contribution in [0.2, 0.25) is 0 Å². The highest BCUT2D eigenvalue weighted by atomic mass is 16.5. The lowest BCUT2D eigenvalue weighted by Gasteiger charge is -2.15. The number of aryl methyl sites for hydroxylation is 1. The van der Waals surface area contributed by atoms with Crippen LogP contribution in [0.4, 0.5) is 0 Å². The molecule has 3 heteroatoms. The van der Waals surface area contributed by atoms with Crippen LogP contribution in [-0.4, -0.2) is 18.4 Å². The summed E-state index contributed by atoms with van der Waals surface area (Å²) in [7, 11) is 1.59. The van der Waals surface area contributed by atoms with Crippen LogP contribution in [-0.2, 0) is 0 Å². The van der Waals surface area contributed by atoms with Gasteiger partial charge in [-0.15, -0.1) is 0 Å². The zero-order chi connectivity index (χ0) is 11.9. The molecular weight excluding hydrogens is 202 g/mol. The van der Waals surface area contributed by atoms with Crippen molar-refractivity contribution in [2.45, 2.75) is 32.2 Å². The molecule has 0 spiro atoms. The Labute approximate surface area is 95.6 Å². The maximum absolute atomic E-state index is 12.2. The summed E-state index contributed by atoms with van der Waals surface area (Å²) in [5, 5.41) is 0. The Hall–Kier alpha value is -1.35. The predicted octanol–water partition coefficient (Wildman–Crippen LogP) is 1.99. The summed E-state index contributed by atoms with van der Waals surface area (Å²) in [5.41, 5.74) is 8.05. The van der Waals surface area contributed by atoms with Gasteiger partial charge in [-0.1, -0.05) is 6.07 Å². The van der Waals surface area contributed by atoms with E-state index < -0.39 is 5.54 Å². The Morgan fingerprint density at radius 3 is 2.50 bits per heavy atom. The van der Waals surface area contributed by atoms with Crippen molar-refractivity contribution >= 4 is 5.78 Å². The van der Waals surface area contributed by atoms with Gasteiger partial charge in [0, 0.05) is 0 Å². The molecule has 1 saturated carbocycles. The van der Waals surface area contributed by atoms with Crippen LogP contribution in [0, 0.1) is 13.8 Å². The van der Waals surface area contributed by atoms with Crippen LogP contribution in [0.25, 0.3) is 0 Å². The van der Waals surface area contributed by atoms with Gasteiger partial charge in [-0.25, -0.2) is 0 Å². The Morgan fingerprint density at radius 2 is 2.00 bits per heavy atom. The Bertz CT molecular complexity index is 447. The van der Waals surface area contributed by atoms with Gasteiger partial charge in [-0.2, -0.15) is 0 Å². The van der Waals surface area contributed by atoms with E-state index in [9.17, 15) is 4.79 Å². The van der Waals surface area contributed by atoms with E-state index in [1.807, 2.05) is 26.0 Å². The molecule has 1 aliphatic carbocycles. The highest BCUT2D eigenvalue weighted by molar-refractivity contribution is 6.07. The van der Waals surface area contributed by atoms with Gasteiger partial charge >= 0.3 is 0 Å². The first-order valence-electron chi connectivity index (χ1n) is 5.47. The predicted molar refractivity (Wildman–Crippen MR) is 63.0 cm³/mol. The summed E-state index contributed by atoms with van der Waals surface area (Å²) in [6, 6.07) is 3.76. The topological polar surface area (TPSA) is 52.3 Å². The molecule has 2 rings (SSSR count). The summed E-state index contributed by atoms with van der Waals surface area (Å²) in [5.74, 6) is 0.675. The average molecular weight is 219 g/mol. The van der Waals surface area contributed by atoms with Crippen molar-refractivity contribution in [1.82, 2.24) is 0 Å². The lowest BCUT2D eigenvalue weighted by Crippen LogP contribution is -2.33. The number of hydrogen-bond donors (Lipinski definition) is 1. The fourth-order valence-corrected chi connectivity index (χ4v) is 1.86. The summed E-state index contributed by atoms with van der Waals surface area (Å²) in [4.78, 5) is 12.2. The fourth-order valence-electron chi connectivity index (χ4n) is 1.86. The Kier molecular flexibility index (Phi) is 2.50. The standard InChI is InChI=1S/C13H17NO2/c1-8-4-5-10(11(16-3)9(8)2)12(15)13(14)6-7-13/h4-5H,6-7,14H2,1-3H3. The normalized spacial score (nSPS) is 17.0. The van der Waals surface area contributed by atoms with E-state index in [0.29, 0.717) is 11.3 Å². The molecule has 1 aromatic rings. The molecule has 0 aliphatic heterocycles. The largest absolute Gasteiger partial charge is 0.496 e. The minimum absolute atomic E-state index is 0.00690. The number of carbonyl (C=O) groups is 1. The van der Waals surface area contributed by atoms with Gasteiger partial charge < -0.3 is 10.5 Å². The Balaban J connectivity index is 2.48. The number of ketones is 1. The maximum Gasteiger partial charge on any atom is 0.186 e. The summed E-state index contributed by atoms with van der Waals surface area (Å²) >= 11 is 0. The van der Waals surface area contributed by atoms with Crippen molar-refractivity contribution in [2.75, 3.05) is 7.11 Å². The van der Waals surface area contributed by atoms with E-state index in [4.69, 9.17) is 10.5 Å². The molecule has 3 nitrogen and oxygen atoms in total. The first kappa shape index (κ1) is 11.1. The van der Waals surface area contributed by atoms with Crippen molar-refractivity contribution in [3.63, 3.8) is 0 Å². The Morgan fingerprint density at radius 1 is 1.38 bits per heavy atom. The van der Waals surface area contributed by atoms with Crippen molar-refractivity contribution in [1.29, 1.82) is 0 Å². The lowest BCUT2D eigenvalue weighted by molar-refractivity contribution is 0.0946.